The predicted molar refractivity (Wildman–Crippen MR) is 110 cm³/mol. The molecule has 0 bridgehead atoms. The maximum absolute atomic E-state index is 12.7. The van der Waals surface area contributed by atoms with Gasteiger partial charge in [0.25, 0.3) is 0 Å². The summed E-state index contributed by atoms with van der Waals surface area (Å²) in [5, 5.41) is 2.97. The Bertz CT molecular complexity index is 735. The van der Waals surface area contributed by atoms with Gasteiger partial charge in [0.2, 0.25) is 5.91 Å². The van der Waals surface area contributed by atoms with Crippen LogP contribution in [0.3, 0.4) is 0 Å². The summed E-state index contributed by atoms with van der Waals surface area (Å²) in [6.45, 7) is 7.24. The number of carbonyl (C=O) groups is 3. The highest BCUT2D eigenvalue weighted by Crippen LogP contribution is 2.21. The lowest BCUT2D eigenvalue weighted by Gasteiger charge is -2.24. The van der Waals surface area contributed by atoms with Crippen molar-refractivity contribution in [3.63, 3.8) is 0 Å². The van der Waals surface area contributed by atoms with Crippen molar-refractivity contribution in [2.45, 2.75) is 58.6 Å². The number of amides is 1. The van der Waals surface area contributed by atoms with Crippen LogP contribution in [-0.4, -0.2) is 30.1 Å². The monoisotopic (exact) mass is 401 g/mol. The van der Waals surface area contributed by atoms with Crippen molar-refractivity contribution >= 4 is 17.8 Å². The van der Waals surface area contributed by atoms with Crippen LogP contribution >= 0.6 is 0 Å². The molecule has 6 heteroatoms. The number of nitrogens with one attached hydrogen (secondary N) is 1. The van der Waals surface area contributed by atoms with E-state index < -0.39 is 29.5 Å². The zero-order valence-electron chi connectivity index (χ0n) is 17.6. The molecule has 1 aromatic rings. The smallest absolute Gasteiger partial charge is 0.309 e. The molecule has 1 N–H and O–H groups in total. The molecule has 0 saturated heterocycles. The number of benzene rings is 1. The molecule has 1 aliphatic rings. The standard InChI is InChI=1S/C23H31NO5/c1-16-10-8-9-13-18(14-20(25)29-23(2,3)4)22(27)28-15-19(24-21(16)26)17-11-6-5-7-12-17/h5-9,11-12,16,18-19H,10,13-15H2,1-4H3,(H,24,26)/b9-8-/t16-,18-,19-/m0/s1. The Morgan fingerprint density at radius 2 is 1.79 bits per heavy atom. The van der Waals surface area contributed by atoms with E-state index in [1.165, 1.54) is 0 Å². The quantitative estimate of drug-likeness (QED) is 0.617. The molecule has 1 aliphatic heterocycles. The van der Waals surface area contributed by atoms with Gasteiger partial charge in [0.05, 0.1) is 18.4 Å². The van der Waals surface area contributed by atoms with Crippen molar-refractivity contribution in [1.29, 1.82) is 0 Å². The molecule has 1 heterocycles. The van der Waals surface area contributed by atoms with Gasteiger partial charge in [-0.3, -0.25) is 14.4 Å². The SMILES string of the molecule is C[C@H]1C/C=C\C[C@@H](CC(=O)OC(C)(C)C)C(=O)OC[C@@H](c2ccccc2)NC1=O. The molecule has 3 atom stereocenters. The number of ether oxygens (including phenoxy) is 2. The summed E-state index contributed by atoms with van der Waals surface area (Å²) in [4.78, 5) is 37.4. The fourth-order valence-corrected chi connectivity index (χ4v) is 3.02. The largest absolute Gasteiger partial charge is 0.463 e. The van der Waals surface area contributed by atoms with Crippen LogP contribution in [0.25, 0.3) is 0 Å². The maximum atomic E-state index is 12.7. The number of cyclic esters (lactones) is 1. The van der Waals surface area contributed by atoms with E-state index in [9.17, 15) is 14.4 Å². The van der Waals surface area contributed by atoms with Gasteiger partial charge in [-0.05, 0) is 39.2 Å². The Morgan fingerprint density at radius 1 is 1.14 bits per heavy atom. The van der Waals surface area contributed by atoms with Gasteiger partial charge in [-0.2, -0.15) is 0 Å². The van der Waals surface area contributed by atoms with Gasteiger partial charge in [-0.15, -0.1) is 0 Å². The minimum Gasteiger partial charge on any atom is -0.463 e. The van der Waals surface area contributed by atoms with Gasteiger partial charge in [0.1, 0.15) is 12.2 Å². The van der Waals surface area contributed by atoms with Crippen LogP contribution in [0.15, 0.2) is 42.5 Å². The lowest BCUT2D eigenvalue weighted by molar-refractivity contribution is -0.161. The normalized spacial score (nSPS) is 25.0. The molecule has 0 aromatic heterocycles. The van der Waals surface area contributed by atoms with E-state index in [4.69, 9.17) is 9.47 Å². The molecule has 29 heavy (non-hydrogen) atoms. The molecule has 1 amide bonds. The third-order valence-electron chi connectivity index (χ3n) is 4.60. The summed E-state index contributed by atoms with van der Waals surface area (Å²) < 4.78 is 10.9. The Hall–Kier alpha value is -2.63. The van der Waals surface area contributed by atoms with Gasteiger partial charge in [0.15, 0.2) is 0 Å². The number of esters is 2. The first-order chi connectivity index (χ1) is 13.7. The molecule has 0 radical (unpaired) electrons. The number of rotatable bonds is 3. The summed E-state index contributed by atoms with van der Waals surface area (Å²) in [5.41, 5.74) is 0.248. The second kappa shape index (κ2) is 10.2. The summed E-state index contributed by atoms with van der Waals surface area (Å²) >= 11 is 0. The van der Waals surface area contributed by atoms with E-state index in [0.717, 1.165) is 5.56 Å². The van der Waals surface area contributed by atoms with Crippen LogP contribution in [0.4, 0.5) is 0 Å². The third kappa shape index (κ3) is 7.72. The van der Waals surface area contributed by atoms with Crippen LogP contribution in [0, 0.1) is 11.8 Å². The van der Waals surface area contributed by atoms with Crippen molar-refractivity contribution in [3.8, 4) is 0 Å². The maximum Gasteiger partial charge on any atom is 0.309 e. The first kappa shape index (κ1) is 22.7. The Balaban J connectivity index is 2.17. The molecule has 0 aliphatic carbocycles. The average molecular weight is 402 g/mol. The van der Waals surface area contributed by atoms with E-state index in [-0.39, 0.29) is 24.9 Å². The highest BCUT2D eigenvalue weighted by molar-refractivity contribution is 5.81. The topological polar surface area (TPSA) is 81.7 Å². The fraction of sp³-hybridized carbons (Fsp3) is 0.522. The van der Waals surface area contributed by atoms with E-state index >= 15 is 0 Å². The highest BCUT2D eigenvalue weighted by atomic mass is 16.6. The van der Waals surface area contributed by atoms with Crippen molar-refractivity contribution in [2.75, 3.05) is 6.61 Å². The van der Waals surface area contributed by atoms with Gasteiger partial charge < -0.3 is 14.8 Å². The van der Waals surface area contributed by atoms with E-state index in [1.807, 2.05) is 49.4 Å². The molecular weight excluding hydrogens is 370 g/mol. The number of hydrogen-bond acceptors (Lipinski definition) is 5. The molecule has 1 aromatic carbocycles. The molecule has 0 unspecified atom stereocenters. The summed E-state index contributed by atoms with van der Waals surface area (Å²) in [6.07, 6.45) is 4.58. The number of allylic oxidation sites excluding steroid dienone is 2. The fourth-order valence-electron chi connectivity index (χ4n) is 3.02. The van der Waals surface area contributed by atoms with Crippen molar-refractivity contribution < 1.29 is 23.9 Å². The van der Waals surface area contributed by atoms with Crippen molar-refractivity contribution in [1.82, 2.24) is 5.32 Å². The predicted octanol–water partition coefficient (Wildman–Crippen LogP) is 3.72. The zero-order valence-corrected chi connectivity index (χ0v) is 17.6. The molecule has 158 valence electrons. The van der Waals surface area contributed by atoms with Crippen molar-refractivity contribution in [3.05, 3.63) is 48.0 Å². The van der Waals surface area contributed by atoms with E-state index in [1.54, 1.807) is 20.8 Å². The Kier molecular flexibility index (Phi) is 8.00. The van der Waals surface area contributed by atoms with Gasteiger partial charge >= 0.3 is 11.9 Å². The molecule has 0 fully saturated rings. The molecule has 2 rings (SSSR count). The molecular formula is C23H31NO5. The zero-order chi connectivity index (χ0) is 21.4. The highest BCUT2D eigenvalue weighted by Gasteiger charge is 2.28. The molecule has 6 nitrogen and oxygen atoms in total. The second-order valence-electron chi connectivity index (χ2n) is 8.43. The molecule has 0 spiro atoms. The number of carbonyl (C=O) groups excluding carboxylic acids is 3. The van der Waals surface area contributed by atoms with Crippen LogP contribution in [0.2, 0.25) is 0 Å². The van der Waals surface area contributed by atoms with Crippen LogP contribution in [0.1, 0.15) is 58.6 Å². The second-order valence-corrected chi connectivity index (χ2v) is 8.43. The summed E-state index contributed by atoms with van der Waals surface area (Å²) in [6, 6.07) is 8.95. The first-order valence-corrected chi connectivity index (χ1v) is 10.0. The average Bonchev–Trinajstić information content (AvgIpc) is 2.65. The minimum absolute atomic E-state index is 0.00976. The molecule has 0 saturated carbocycles. The van der Waals surface area contributed by atoms with Crippen LogP contribution < -0.4 is 5.32 Å². The van der Waals surface area contributed by atoms with Crippen molar-refractivity contribution in [2.24, 2.45) is 11.8 Å². The van der Waals surface area contributed by atoms with Gasteiger partial charge in [0, 0.05) is 5.92 Å². The Labute approximate surface area is 172 Å². The summed E-state index contributed by atoms with van der Waals surface area (Å²) in [7, 11) is 0. The van der Waals surface area contributed by atoms with E-state index in [0.29, 0.717) is 12.8 Å². The first-order valence-electron chi connectivity index (χ1n) is 10.0. The van der Waals surface area contributed by atoms with Gasteiger partial charge in [-0.1, -0.05) is 49.4 Å². The lowest BCUT2D eigenvalue weighted by atomic mass is 9.98. The Morgan fingerprint density at radius 3 is 2.45 bits per heavy atom. The third-order valence-corrected chi connectivity index (χ3v) is 4.60. The van der Waals surface area contributed by atoms with E-state index in [2.05, 4.69) is 5.32 Å². The lowest BCUT2D eigenvalue weighted by Crippen LogP contribution is -2.36. The number of hydrogen-bond donors (Lipinski definition) is 1. The minimum atomic E-state index is -0.622. The van der Waals surface area contributed by atoms with Gasteiger partial charge in [-0.25, -0.2) is 0 Å². The van der Waals surface area contributed by atoms with Crippen LogP contribution in [0.5, 0.6) is 0 Å². The van der Waals surface area contributed by atoms with Crippen LogP contribution in [-0.2, 0) is 23.9 Å². The summed E-state index contributed by atoms with van der Waals surface area (Å²) in [5.74, 6) is -1.82.